The Balaban J connectivity index is 2.66. The maximum atomic E-state index is 12.2. The summed E-state index contributed by atoms with van der Waals surface area (Å²) in [4.78, 5) is 35.6. The summed E-state index contributed by atoms with van der Waals surface area (Å²) in [5, 5.41) is 5.33. The van der Waals surface area contributed by atoms with Crippen molar-refractivity contribution in [2.45, 2.75) is 52.1 Å². The molecule has 1 saturated heterocycles. The van der Waals surface area contributed by atoms with Crippen molar-refractivity contribution < 1.29 is 19.1 Å². The average Bonchev–Trinajstić information content (AvgIpc) is 2.80. The van der Waals surface area contributed by atoms with Gasteiger partial charge in [-0.2, -0.15) is 0 Å². The molecule has 0 aromatic heterocycles. The van der Waals surface area contributed by atoms with Gasteiger partial charge in [0.1, 0.15) is 6.04 Å². The number of methoxy groups -OCH3 is 1. The molecule has 0 bridgehead atoms. The van der Waals surface area contributed by atoms with E-state index in [1.165, 1.54) is 7.11 Å². The first-order valence-corrected chi connectivity index (χ1v) is 7.55. The van der Waals surface area contributed by atoms with Gasteiger partial charge in [0, 0.05) is 12.5 Å². The number of esters is 1. The number of hydrogen-bond donors (Lipinski definition) is 3. The topological polar surface area (TPSA) is 111 Å². The Bertz CT molecular complexity index is 431. The second kappa shape index (κ2) is 7.58. The third-order valence-corrected chi connectivity index (χ3v) is 3.65. The molecule has 4 N–H and O–H groups in total. The van der Waals surface area contributed by atoms with Crippen molar-refractivity contribution in [3.05, 3.63) is 0 Å². The minimum absolute atomic E-state index is 0.0944. The Kier molecular flexibility index (Phi) is 6.34. The predicted molar refractivity (Wildman–Crippen MR) is 81.7 cm³/mol. The van der Waals surface area contributed by atoms with Gasteiger partial charge in [-0.3, -0.25) is 9.59 Å². The largest absolute Gasteiger partial charge is 0.467 e. The van der Waals surface area contributed by atoms with E-state index in [0.717, 1.165) is 0 Å². The third kappa shape index (κ3) is 5.63. The fraction of sp³-hybridized carbons (Fsp3) is 0.800. The van der Waals surface area contributed by atoms with Gasteiger partial charge in [0.05, 0.1) is 13.2 Å². The van der Waals surface area contributed by atoms with Gasteiger partial charge in [0.2, 0.25) is 11.8 Å². The fourth-order valence-electron chi connectivity index (χ4n) is 2.54. The predicted octanol–water partition coefficient (Wildman–Crippen LogP) is -0.0661. The highest BCUT2D eigenvalue weighted by Crippen LogP contribution is 2.21. The summed E-state index contributed by atoms with van der Waals surface area (Å²) < 4.78 is 4.71. The zero-order chi connectivity index (χ0) is 16.9. The number of hydrogen-bond acceptors (Lipinski definition) is 5. The lowest BCUT2D eigenvalue weighted by Crippen LogP contribution is -2.50. The first-order valence-electron chi connectivity index (χ1n) is 7.55. The molecule has 2 unspecified atom stereocenters. The van der Waals surface area contributed by atoms with Crippen LogP contribution in [0.2, 0.25) is 0 Å². The van der Waals surface area contributed by atoms with E-state index in [4.69, 9.17) is 10.5 Å². The normalized spacial score (nSPS) is 21.0. The Morgan fingerprint density at radius 2 is 2.09 bits per heavy atom. The minimum Gasteiger partial charge on any atom is -0.467 e. The molecule has 0 aromatic rings. The van der Waals surface area contributed by atoms with Crippen LogP contribution in [0.5, 0.6) is 0 Å². The molecule has 2 amide bonds. The molecule has 126 valence electrons. The van der Waals surface area contributed by atoms with Crippen LogP contribution in [0.3, 0.4) is 0 Å². The maximum absolute atomic E-state index is 12.2. The van der Waals surface area contributed by atoms with E-state index in [-0.39, 0.29) is 23.7 Å². The summed E-state index contributed by atoms with van der Waals surface area (Å²) in [6, 6.07) is -1.55. The summed E-state index contributed by atoms with van der Waals surface area (Å²) in [6.45, 7) is 6.55. The van der Waals surface area contributed by atoms with Crippen LogP contribution in [0.25, 0.3) is 0 Å². The SMILES string of the molecule is COC(=O)C(C[C@@H]1CCNC1=O)NC(=O)C(N)CC(C)(C)C. The molecule has 0 spiro atoms. The number of nitrogens with one attached hydrogen (secondary N) is 2. The number of nitrogens with two attached hydrogens (primary N) is 1. The summed E-state index contributed by atoms with van der Waals surface area (Å²) >= 11 is 0. The van der Waals surface area contributed by atoms with Crippen LogP contribution in [0, 0.1) is 11.3 Å². The van der Waals surface area contributed by atoms with Gasteiger partial charge in [0.25, 0.3) is 0 Å². The van der Waals surface area contributed by atoms with Gasteiger partial charge >= 0.3 is 5.97 Å². The van der Waals surface area contributed by atoms with Crippen LogP contribution in [-0.4, -0.2) is 43.5 Å². The van der Waals surface area contributed by atoms with Crippen LogP contribution < -0.4 is 16.4 Å². The quantitative estimate of drug-likeness (QED) is 0.595. The lowest BCUT2D eigenvalue weighted by atomic mass is 9.88. The summed E-state index contributed by atoms with van der Waals surface area (Å²) in [5.74, 6) is -1.34. The molecule has 0 radical (unpaired) electrons. The smallest absolute Gasteiger partial charge is 0.328 e. The standard InChI is InChI=1S/C15H27N3O4/c1-15(2,3)8-10(16)13(20)18-11(14(21)22-4)7-9-5-6-17-12(9)19/h9-11H,5-8,16H2,1-4H3,(H,17,19)(H,18,20)/t9-,10?,11?/m0/s1. The number of carbonyl (C=O) groups excluding carboxylic acids is 3. The molecule has 1 fully saturated rings. The summed E-state index contributed by atoms with van der Waals surface area (Å²) in [6.07, 6.45) is 1.37. The zero-order valence-electron chi connectivity index (χ0n) is 13.8. The first-order chi connectivity index (χ1) is 10.1. The van der Waals surface area contributed by atoms with Crippen molar-refractivity contribution in [3.8, 4) is 0 Å². The van der Waals surface area contributed by atoms with Crippen molar-refractivity contribution in [2.75, 3.05) is 13.7 Å². The van der Waals surface area contributed by atoms with Gasteiger partial charge in [0.15, 0.2) is 0 Å². The van der Waals surface area contributed by atoms with Crippen molar-refractivity contribution in [1.82, 2.24) is 10.6 Å². The van der Waals surface area contributed by atoms with Gasteiger partial charge in [-0.05, 0) is 24.7 Å². The molecule has 1 rings (SSSR count). The van der Waals surface area contributed by atoms with Crippen molar-refractivity contribution in [3.63, 3.8) is 0 Å². The van der Waals surface area contributed by atoms with Crippen LogP contribution in [0.1, 0.15) is 40.0 Å². The molecule has 3 atom stereocenters. The van der Waals surface area contributed by atoms with E-state index in [1.54, 1.807) is 0 Å². The molecule has 7 nitrogen and oxygen atoms in total. The summed E-state index contributed by atoms with van der Waals surface area (Å²) in [7, 11) is 1.26. The first kappa shape index (κ1) is 18.4. The van der Waals surface area contributed by atoms with E-state index in [1.807, 2.05) is 20.8 Å². The molecule has 1 aliphatic heterocycles. The number of amides is 2. The van der Waals surface area contributed by atoms with Crippen molar-refractivity contribution in [1.29, 1.82) is 0 Å². The summed E-state index contributed by atoms with van der Waals surface area (Å²) in [5.41, 5.74) is 5.79. The van der Waals surface area contributed by atoms with E-state index in [2.05, 4.69) is 10.6 Å². The molecular formula is C15H27N3O4. The number of carbonyl (C=O) groups is 3. The molecule has 22 heavy (non-hydrogen) atoms. The average molecular weight is 313 g/mol. The molecule has 0 aliphatic carbocycles. The van der Waals surface area contributed by atoms with E-state index in [0.29, 0.717) is 19.4 Å². The highest BCUT2D eigenvalue weighted by atomic mass is 16.5. The van der Waals surface area contributed by atoms with Crippen molar-refractivity contribution in [2.24, 2.45) is 17.1 Å². The molecule has 1 aliphatic rings. The molecule has 0 aromatic carbocycles. The van der Waals surface area contributed by atoms with Crippen LogP contribution in [0.15, 0.2) is 0 Å². The second-order valence-corrected chi connectivity index (χ2v) is 6.97. The Labute approximate surface area is 131 Å². The van der Waals surface area contributed by atoms with Gasteiger partial charge < -0.3 is 21.1 Å². The van der Waals surface area contributed by atoms with Gasteiger partial charge in [-0.15, -0.1) is 0 Å². The van der Waals surface area contributed by atoms with Crippen LogP contribution in [-0.2, 0) is 19.1 Å². The Hall–Kier alpha value is -1.63. The van der Waals surface area contributed by atoms with Crippen molar-refractivity contribution >= 4 is 17.8 Å². The molecule has 7 heteroatoms. The minimum atomic E-state index is -0.850. The molecular weight excluding hydrogens is 286 g/mol. The maximum Gasteiger partial charge on any atom is 0.328 e. The Morgan fingerprint density at radius 3 is 2.55 bits per heavy atom. The van der Waals surface area contributed by atoms with Crippen LogP contribution in [0.4, 0.5) is 0 Å². The third-order valence-electron chi connectivity index (χ3n) is 3.65. The number of ether oxygens (including phenoxy) is 1. The fourth-order valence-corrected chi connectivity index (χ4v) is 2.54. The van der Waals surface area contributed by atoms with E-state index < -0.39 is 24.0 Å². The van der Waals surface area contributed by atoms with Gasteiger partial charge in [-0.1, -0.05) is 20.8 Å². The zero-order valence-corrected chi connectivity index (χ0v) is 13.8. The monoisotopic (exact) mass is 313 g/mol. The lowest BCUT2D eigenvalue weighted by Gasteiger charge is -2.25. The van der Waals surface area contributed by atoms with Crippen LogP contribution >= 0.6 is 0 Å². The Morgan fingerprint density at radius 1 is 1.45 bits per heavy atom. The van der Waals surface area contributed by atoms with E-state index >= 15 is 0 Å². The highest BCUT2D eigenvalue weighted by molar-refractivity contribution is 5.88. The molecule has 1 heterocycles. The van der Waals surface area contributed by atoms with Gasteiger partial charge in [-0.25, -0.2) is 4.79 Å². The number of rotatable bonds is 6. The lowest BCUT2D eigenvalue weighted by molar-refractivity contribution is -0.146. The highest BCUT2D eigenvalue weighted by Gasteiger charge is 2.33. The second-order valence-electron chi connectivity index (χ2n) is 6.97. The molecule has 0 saturated carbocycles. The van der Waals surface area contributed by atoms with E-state index in [9.17, 15) is 14.4 Å².